The van der Waals surface area contributed by atoms with Crippen molar-refractivity contribution >= 4 is 11.7 Å². The van der Waals surface area contributed by atoms with Gasteiger partial charge >= 0.3 is 6.18 Å². The van der Waals surface area contributed by atoms with E-state index in [0.29, 0.717) is 0 Å². The number of halogens is 3. The van der Waals surface area contributed by atoms with Crippen LogP contribution in [0.3, 0.4) is 0 Å². The maximum Gasteiger partial charge on any atom is 0.424 e. The summed E-state index contributed by atoms with van der Waals surface area (Å²) in [5, 5.41) is 12.4. The van der Waals surface area contributed by atoms with Gasteiger partial charge in [-0.3, -0.25) is 9.59 Å². The van der Waals surface area contributed by atoms with Gasteiger partial charge in [0, 0.05) is 45.2 Å². The smallest absolute Gasteiger partial charge is 0.374 e. The van der Waals surface area contributed by atoms with Crippen molar-refractivity contribution in [1.82, 2.24) is 14.9 Å². The van der Waals surface area contributed by atoms with E-state index in [4.69, 9.17) is 0 Å². The molecule has 122 valence electrons. The molecule has 1 saturated carbocycles. The van der Waals surface area contributed by atoms with E-state index in [1.165, 1.54) is 13.2 Å². The fraction of sp³-hybridized carbons (Fsp3) is 0.615. The summed E-state index contributed by atoms with van der Waals surface area (Å²) in [5.74, 6) is -1.52. The molecular weight excluding hydrogens is 303 g/mol. The predicted molar refractivity (Wildman–Crippen MR) is 68.5 cm³/mol. The molecule has 0 radical (unpaired) electrons. The quantitative estimate of drug-likeness (QED) is 0.835. The Morgan fingerprint density at radius 1 is 1.50 bits per heavy atom. The fourth-order valence-electron chi connectivity index (χ4n) is 2.33. The number of rotatable bonds is 5. The van der Waals surface area contributed by atoms with Gasteiger partial charge in [0.15, 0.2) is 0 Å². The van der Waals surface area contributed by atoms with Crippen LogP contribution in [0.25, 0.3) is 0 Å². The van der Waals surface area contributed by atoms with Gasteiger partial charge in [-0.1, -0.05) is 0 Å². The number of aliphatic hydroxyl groups is 1. The van der Waals surface area contributed by atoms with Crippen LogP contribution in [0.2, 0.25) is 0 Å². The zero-order chi connectivity index (χ0) is 16.5. The average Bonchev–Trinajstić information content (AvgIpc) is 2.80. The summed E-state index contributed by atoms with van der Waals surface area (Å²) in [4.78, 5) is 26.0. The van der Waals surface area contributed by atoms with Crippen LogP contribution in [0, 0.1) is 5.92 Å². The molecule has 1 aliphatic rings. The van der Waals surface area contributed by atoms with Gasteiger partial charge in [0.05, 0.1) is 5.92 Å². The van der Waals surface area contributed by atoms with Gasteiger partial charge in [0.2, 0.25) is 11.5 Å². The van der Waals surface area contributed by atoms with Gasteiger partial charge in [-0.25, -0.2) is 4.98 Å². The Balaban J connectivity index is 2.01. The van der Waals surface area contributed by atoms with E-state index in [1.54, 1.807) is 0 Å². The van der Waals surface area contributed by atoms with Gasteiger partial charge in [-0.05, 0) is 0 Å². The zero-order valence-electron chi connectivity index (χ0n) is 11.9. The van der Waals surface area contributed by atoms with Crippen molar-refractivity contribution in [2.45, 2.75) is 31.0 Å². The Hall–Kier alpha value is -1.90. The third kappa shape index (κ3) is 2.99. The van der Waals surface area contributed by atoms with Crippen molar-refractivity contribution in [3.8, 4) is 0 Å². The lowest BCUT2D eigenvalue weighted by Gasteiger charge is -2.30. The van der Waals surface area contributed by atoms with Gasteiger partial charge in [0.1, 0.15) is 11.6 Å². The van der Waals surface area contributed by atoms with Crippen molar-refractivity contribution in [2.75, 3.05) is 6.54 Å². The van der Waals surface area contributed by atoms with Crippen LogP contribution in [0.15, 0.2) is 12.4 Å². The maximum atomic E-state index is 13.2. The number of nitrogens with zero attached hydrogens (tertiary/aromatic N) is 2. The number of imidazole rings is 1. The van der Waals surface area contributed by atoms with Gasteiger partial charge in [-0.15, -0.1) is 0 Å². The molecule has 0 bridgehead atoms. The van der Waals surface area contributed by atoms with E-state index in [0.717, 1.165) is 10.8 Å². The third-order valence-electron chi connectivity index (χ3n) is 3.77. The van der Waals surface area contributed by atoms with Crippen molar-refractivity contribution in [1.29, 1.82) is 0 Å². The lowest BCUT2D eigenvalue weighted by Crippen LogP contribution is -2.47. The monoisotopic (exact) mass is 319 g/mol. The Morgan fingerprint density at radius 2 is 2.14 bits per heavy atom. The van der Waals surface area contributed by atoms with E-state index in [-0.39, 0.29) is 25.2 Å². The standard InChI is InChI=1S/C13H16F3N3O3/c1-19-5-4-18-11(19)12(22,13(14,15)16)2-3-17-10(21)8-6-9(20)7-8/h4-5,8,22H,2-3,6-7H2,1H3,(H,17,21). The maximum absolute atomic E-state index is 13.2. The predicted octanol–water partition coefficient (Wildman–Crippen LogP) is 0.655. The number of alkyl halides is 3. The van der Waals surface area contributed by atoms with E-state index >= 15 is 0 Å². The molecule has 0 aliphatic heterocycles. The first kappa shape index (κ1) is 16.5. The van der Waals surface area contributed by atoms with Crippen molar-refractivity contribution < 1.29 is 27.9 Å². The first-order chi connectivity index (χ1) is 10.1. The highest BCUT2D eigenvalue weighted by Crippen LogP contribution is 2.40. The van der Waals surface area contributed by atoms with Crippen LogP contribution in [-0.2, 0) is 22.2 Å². The van der Waals surface area contributed by atoms with Crippen LogP contribution in [0.5, 0.6) is 0 Å². The number of Topliss-reactive ketones (excluding diaryl/α,β-unsaturated/α-hetero) is 1. The highest BCUT2D eigenvalue weighted by Gasteiger charge is 2.57. The molecule has 2 rings (SSSR count). The molecule has 1 unspecified atom stereocenters. The minimum absolute atomic E-state index is 0.0417. The van der Waals surface area contributed by atoms with Crippen molar-refractivity contribution in [2.24, 2.45) is 13.0 Å². The molecule has 0 spiro atoms. The molecule has 22 heavy (non-hydrogen) atoms. The Bertz CT molecular complexity index is 577. The first-order valence-corrected chi connectivity index (χ1v) is 6.71. The van der Waals surface area contributed by atoms with E-state index < -0.39 is 35.8 Å². The number of hydrogen-bond acceptors (Lipinski definition) is 4. The largest absolute Gasteiger partial charge is 0.424 e. The molecule has 1 heterocycles. The second kappa shape index (κ2) is 5.71. The molecular formula is C13H16F3N3O3. The summed E-state index contributed by atoms with van der Waals surface area (Å²) in [6.45, 7) is -0.369. The molecule has 6 nitrogen and oxygen atoms in total. The number of aryl methyl sites for hydroxylation is 1. The molecule has 0 aromatic carbocycles. The van der Waals surface area contributed by atoms with Gasteiger partial charge in [-0.2, -0.15) is 13.2 Å². The average molecular weight is 319 g/mol. The van der Waals surface area contributed by atoms with Crippen LogP contribution < -0.4 is 5.32 Å². The summed E-state index contributed by atoms with van der Waals surface area (Å²) >= 11 is 0. The number of ketones is 1. The summed E-state index contributed by atoms with van der Waals surface area (Å²) in [5.41, 5.74) is -3.14. The minimum Gasteiger partial charge on any atom is -0.374 e. The fourth-order valence-corrected chi connectivity index (χ4v) is 2.33. The lowest BCUT2D eigenvalue weighted by molar-refractivity contribution is -0.272. The zero-order valence-corrected chi connectivity index (χ0v) is 11.9. The molecule has 0 saturated heterocycles. The lowest BCUT2D eigenvalue weighted by atomic mass is 9.83. The first-order valence-electron chi connectivity index (χ1n) is 6.71. The molecule has 1 amide bonds. The van der Waals surface area contributed by atoms with Crippen LogP contribution in [0.4, 0.5) is 13.2 Å². The molecule has 9 heteroatoms. The molecule has 1 aliphatic carbocycles. The second-order valence-corrected chi connectivity index (χ2v) is 5.40. The Morgan fingerprint density at radius 3 is 2.59 bits per heavy atom. The topological polar surface area (TPSA) is 84.2 Å². The summed E-state index contributed by atoms with van der Waals surface area (Å²) < 4.78 is 40.7. The molecule has 1 fully saturated rings. The number of carbonyl (C=O) groups is 2. The number of amides is 1. The number of carbonyl (C=O) groups excluding carboxylic acids is 2. The summed E-state index contributed by atoms with van der Waals surface area (Å²) in [6.07, 6.45) is -2.99. The molecule has 1 aromatic heterocycles. The number of hydrogen-bond donors (Lipinski definition) is 2. The van der Waals surface area contributed by atoms with Crippen molar-refractivity contribution in [3.63, 3.8) is 0 Å². The van der Waals surface area contributed by atoms with Gasteiger partial charge < -0.3 is 15.0 Å². The van der Waals surface area contributed by atoms with Crippen LogP contribution in [0.1, 0.15) is 25.1 Å². The molecule has 1 aromatic rings. The van der Waals surface area contributed by atoms with E-state index in [2.05, 4.69) is 10.3 Å². The SMILES string of the molecule is Cn1ccnc1C(O)(CCNC(=O)C1CC(=O)C1)C(F)(F)F. The summed E-state index contributed by atoms with van der Waals surface area (Å²) in [6, 6.07) is 0. The molecule has 1 atom stereocenters. The third-order valence-corrected chi connectivity index (χ3v) is 3.77. The highest BCUT2D eigenvalue weighted by molar-refractivity contribution is 5.96. The van der Waals surface area contributed by atoms with E-state index in [9.17, 15) is 27.9 Å². The Kier molecular flexibility index (Phi) is 4.28. The molecule has 2 N–H and O–H groups in total. The highest BCUT2D eigenvalue weighted by atomic mass is 19.4. The second-order valence-electron chi connectivity index (χ2n) is 5.40. The summed E-state index contributed by atoms with van der Waals surface area (Å²) in [7, 11) is 1.34. The van der Waals surface area contributed by atoms with Crippen molar-refractivity contribution in [3.05, 3.63) is 18.2 Å². The Labute approximate surface area is 124 Å². The van der Waals surface area contributed by atoms with E-state index in [1.807, 2.05) is 0 Å². The van der Waals surface area contributed by atoms with Crippen LogP contribution >= 0.6 is 0 Å². The number of nitrogens with one attached hydrogen (secondary N) is 1. The number of aromatic nitrogens is 2. The minimum atomic E-state index is -4.93. The van der Waals surface area contributed by atoms with Crippen LogP contribution in [-0.4, -0.2) is 39.1 Å². The van der Waals surface area contributed by atoms with Gasteiger partial charge in [0.25, 0.3) is 0 Å². The normalized spacial score (nSPS) is 18.7.